The molecule has 1 saturated heterocycles. The summed E-state index contributed by atoms with van der Waals surface area (Å²) in [5.74, 6) is 1.57. The number of likely N-dealkylation sites (N-methyl/N-ethyl adjacent to an activating group) is 1. The van der Waals surface area contributed by atoms with Gasteiger partial charge in [-0.05, 0) is 26.1 Å². The number of guanidine groups is 1. The number of aryl methyl sites for hydroxylation is 1. The van der Waals surface area contributed by atoms with Crippen molar-refractivity contribution in [3.63, 3.8) is 0 Å². The molecule has 0 saturated carbocycles. The Balaban J connectivity index is 1.61. The van der Waals surface area contributed by atoms with Crippen LogP contribution in [0.1, 0.15) is 29.5 Å². The maximum Gasteiger partial charge on any atom is 0.193 e. The van der Waals surface area contributed by atoms with E-state index in [9.17, 15) is 0 Å². The summed E-state index contributed by atoms with van der Waals surface area (Å²) < 4.78 is 1.85. The molecule has 0 aliphatic carbocycles. The van der Waals surface area contributed by atoms with E-state index in [2.05, 4.69) is 75.8 Å². The number of likely N-dealkylation sites (tertiary alicyclic amines) is 1. The average Bonchev–Trinajstić information content (AvgIpc) is 3.29. The monoisotopic (exact) mass is 354 g/mol. The Hall–Kier alpha value is -2.34. The van der Waals surface area contributed by atoms with Crippen molar-refractivity contribution in [2.24, 2.45) is 12.0 Å². The van der Waals surface area contributed by atoms with E-state index in [1.165, 1.54) is 17.5 Å². The Morgan fingerprint density at radius 3 is 2.73 bits per heavy atom. The van der Waals surface area contributed by atoms with Crippen LogP contribution in [0.3, 0.4) is 0 Å². The molecule has 0 radical (unpaired) electrons. The van der Waals surface area contributed by atoms with Gasteiger partial charge < -0.3 is 15.1 Å². The first kappa shape index (κ1) is 18.5. The number of rotatable bonds is 5. The zero-order valence-corrected chi connectivity index (χ0v) is 16.3. The van der Waals surface area contributed by atoms with Gasteiger partial charge in [0.25, 0.3) is 0 Å². The highest BCUT2D eigenvalue weighted by Crippen LogP contribution is 2.27. The second-order valence-electron chi connectivity index (χ2n) is 7.20. The molecule has 6 heteroatoms. The van der Waals surface area contributed by atoms with Gasteiger partial charge in [0.05, 0.1) is 12.2 Å². The summed E-state index contributed by atoms with van der Waals surface area (Å²) in [6, 6.07) is 11.1. The number of benzene rings is 1. The van der Waals surface area contributed by atoms with Crippen LogP contribution < -0.4 is 5.32 Å². The molecular weight excluding hydrogens is 324 g/mol. The zero-order valence-electron chi connectivity index (χ0n) is 16.3. The maximum atomic E-state index is 4.52. The standard InChI is InChI=1S/C20H30N6/c1-21-20(22-13-19(24(2)3)18-12-23-25(4)14-18)26-11-10-17(15-26)16-8-6-5-7-9-16/h5-9,12,14,17,19H,10-11,13,15H2,1-4H3,(H,21,22). The molecule has 140 valence electrons. The highest BCUT2D eigenvalue weighted by Gasteiger charge is 2.26. The van der Waals surface area contributed by atoms with E-state index in [1.807, 2.05) is 25.0 Å². The van der Waals surface area contributed by atoms with Crippen molar-refractivity contribution >= 4 is 5.96 Å². The van der Waals surface area contributed by atoms with E-state index in [0.29, 0.717) is 5.92 Å². The maximum absolute atomic E-state index is 4.52. The van der Waals surface area contributed by atoms with Gasteiger partial charge in [-0.15, -0.1) is 0 Å². The van der Waals surface area contributed by atoms with Crippen molar-refractivity contribution in [2.75, 3.05) is 40.8 Å². The fraction of sp³-hybridized carbons (Fsp3) is 0.500. The molecule has 1 N–H and O–H groups in total. The molecular formula is C20H30N6. The summed E-state index contributed by atoms with van der Waals surface area (Å²) in [4.78, 5) is 9.11. The van der Waals surface area contributed by atoms with Crippen molar-refractivity contribution in [2.45, 2.75) is 18.4 Å². The van der Waals surface area contributed by atoms with Gasteiger partial charge in [0.15, 0.2) is 5.96 Å². The lowest BCUT2D eigenvalue weighted by molar-refractivity contribution is 0.295. The summed E-state index contributed by atoms with van der Waals surface area (Å²) in [6.07, 6.45) is 5.19. The summed E-state index contributed by atoms with van der Waals surface area (Å²) in [6.45, 7) is 2.86. The fourth-order valence-corrected chi connectivity index (χ4v) is 3.68. The lowest BCUT2D eigenvalue weighted by Gasteiger charge is -2.27. The second kappa shape index (κ2) is 8.36. The number of hydrogen-bond donors (Lipinski definition) is 1. The summed E-state index contributed by atoms with van der Waals surface area (Å²) >= 11 is 0. The quantitative estimate of drug-likeness (QED) is 0.660. The van der Waals surface area contributed by atoms with E-state index in [1.54, 1.807) is 0 Å². The lowest BCUT2D eigenvalue weighted by Crippen LogP contribution is -2.43. The Bertz CT molecular complexity index is 721. The summed E-state index contributed by atoms with van der Waals surface area (Å²) in [7, 11) is 8.02. The van der Waals surface area contributed by atoms with Gasteiger partial charge in [-0.3, -0.25) is 9.67 Å². The molecule has 2 atom stereocenters. The third-order valence-electron chi connectivity index (χ3n) is 5.16. The summed E-state index contributed by atoms with van der Waals surface area (Å²) in [5.41, 5.74) is 2.64. The molecule has 1 fully saturated rings. The number of hydrogen-bond acceptors (Lipinski definition) is 3. The van der Waals surface area contributed by atoms with Crippen molar-refractivity contribution in [3.05, 3.63) is 53.9 Å². The normalized spacial score (nSPS) is 19.2. The first-order valence-electron chi connectivity index (χ1n) is 9.24. The van der Waals surface area contributed by atoms with E-state index in [-0.39, 0.29) is 6.04 Å². The molecule has 0 amide bonds. The third kappa shape index (κ3) is 4.25. The Morgan fingerprint density at radius 1 is 1.35 bits per heavy atom. The van der Waals surface area contributed by atoms with Crippen LogP contribution in [-0.2, 0) is 7.05 Å². The topological polar surface area (TPSA) is 48.7 Å². The average molecular weight is 355 g/mol. The molecule has 0 bridgehead atoms. The van der Waals surface area contributed by atoms with Crippen LogP contribution >= 0.6 is 0 Å². The van der Waals surface area contributed by atoms with Gasteiger partial charge >= 0.3 is 0 Å². The molecule has 2 aromatic rings. The van der Waals surface area contributed by atoms with E-state index in [0.717, 1.165) is 25.6 Å². The van der Waals surface area contributed by atoms with E-state index >= 15 is 0 Å². The third-order valence-corrected chi connectivity index (χ3v) is 5.16. The van der Waals surface area contributed by atoms with Crippen molar-refractivity contribution < 1.29 is 0 Å². The number of nitrogens with zero attached hydrogens (tertiary/aromatic N) is 5. The highest BCUT2D eigenvalue weighted by molar-refractivity contribution is 5.80. The minimum atomic E-state index is 0.257. The molecule has 1 aliphatic rings. The minimum Gasteiger partial charge on any atom is -0.354 e. The van der Waals surface area contributed by atoms with Gasteiger partial charge in [0.1, 0.15) is 0 Å². The Kier molecular flexibility index (Phi) is 5.93. The van der Waals surface area contributed by atoms with Crippen molar-refractivity contribution in [1.82, 2.24) is 24.9 Å². The van der Waals surface area contributed by atoms with Crippen LogP contribution in [0.5, 0.6) is 0 Å². The zero-order chi connectivity index (χ0) is 18.5. The van der Waals surface area contributed by atoms with Crippen LogP contribution in [0, 0.1) is 0 Å². The van der Waals surface area contributed by atoms with Crippen LogP contribution in [0.15, 0.2) is 47.7 Å². The Morgan fingerprint density at radius 2 is 2.12 bits per heavy atom. The largest absolute Gasteiger partial charge is 0.354 e. The first-order valence-corrected chi connectivity index (χ1v) is 9.24. The number of aromatic nitrogens is 2. The molecule has 2 unspecified atom stereocenters. The van der Waals surface area contributed by atoms with Crippen LogP contribution in [-0.4, -0.2) is 66.3 Å². The number of nitrogens with one attached hydrogen (secondary N) is 1. The predicted molar refractivity (Wildman–Crippen MR) is 106 cm³/mol. The first-order chi connectivity index (χ1) is 12.6. The molecule has 1 aliphatic heterocycles. The number of aliphatic imine (C=N–C) groups is 1. The van der Waals surface area contributed by atoms with E-state index < -0.39 is 0 Å². The fourth-order valence-electron chi connectivity index (χ4n) is 3.68. The van der Waals surface area contributed by atoms with Crippen molar-refractivity contribution in [1.29, 1.82) is 0 Å². The molecule has 26 heavy (non-hydrogen) atoms. The van der Waals surface area contributed by atoms with Gasteiger partial charge in [0.2, 0.25) is 0 Å². The molecule has 2 heterocycles. The van der Waals surface area contributed by atoms with Gasteiger partial charge in [-0.2, -0.15) is 5.10 Å². The van der Waals surface area contributed by atoms with E-state index in [4.69, 9.17) is 0 Å². The van der Waals surface area contributed by atoms with Crippen LogP contribution in [0.4, 0.5) is 0 Å². The minimum absolute atomic E-state index is 0.257. The molecule has 3 rings (SSSR count). The Labute approximate surface area is 156 Å². The van der Waals surface area contributed by atoms with Gasteiger partial charge in [-0.25, -0.2) is 0 Å². The van der Waals surface area contributed by atoms with Crippen LogP contribution in [0.25, 0.3) is 0 Å². The highest BCUT2D eigenvalue weighted by atomic mass is 15.3. The molecule has 1 aromatic heterocycles. The molecule has 6 nitrogen and oxygen atoms in total. The van der Waals surface area contributed by atoms with Crippen molar-refractivity contribution in [3.8, 4) is 0 Å². The van der Waals surface area contributed by atoms with Gasteiger partial charge in [0, 0.05) is 51.4 Å². The predicted octanol–water partition coefficient (Wildman–Crippen LogP) is 2.09. The summed E-state index contributed by atoms with van der Waals surface area (Å²) in [5, 5.41) is 7.88. The second-order valence-corrected chi connectivity index (χ2v) is 7.20. The van der Waals surface area contributed by atoms with Crippen LogP contribution in [0.2, 0.25) is 0 Å². The lowest BCUT2D eigenvalue weighted by atomic mass is 9.99. The smallest absolute Gasteiger partial charge is 0.193 e. The molecule has 0 spiro atoms. The molecule has 1 aromatic carbocycles. The SMILES string of the molecule is CN=C(NCC(c1cnn(C)c1)N(C)C)N1CCC(c2ccccc2)C1. The van der Waals surface area contributed by atoms with Gasteiger partial charge in [-0.1, -0.05) is 30.3 Å².